The molecule has 0 radical (unpaired) electrons. The molecule has 0 unspecified atom stereocenters. The lowest BCUT2D eigenvalue weighted by Crippen LogP contribution is -2.36. The summed E-state index contributed by atoms with van der Waals surface area (Å²) in [5.74, 6) is -0.231. The van der Waals surface area contributed by atoms with Crippen LogP contribution in [0.15, 0.2) is 59.0 Å². The molecule has 0 aliphatic carbocycles. The molecular formula is C23H21ClN2O5. The van der Waals surface area contributed by atoms with E-state index in [0.717, 1.165) is 11.3 Å². The number of furan rings is 1. The number of carbonyl (C=O) groups is 2. The van der Waals surface area contributed by atoms with Gasteiger partial charge in [-0.15, -0.1) is 0 Å². The second-order valence-corrected chi connectivity index (χ2v) is 7.39. The minimum absolute atomic E-state index is 0.145. The molecule has 1 N–H and O–H groups in total. The number of nitrogens with zero attached hydrogens (tertiary/aromatic N) is 1. The fourth-order valence-corrected chi connectivity index (χ4v) is 3.59. The van der Waals surface area contributed by atoms with E-state index in [-0.39, 0.29) is 5.76 Å². The summed E-state index contributed by atoms with van der Waals surface area (Å²) >= 11 is 6.04. The van der Waals surface area contributed by atoms with E-state index in [0.29, 0.717) is 48.3 Å². The van der Waals surface area contributed by atoms with Crippen LogP contribution in [0.5, 0.6) is 0 Å². The predicted molar refractivity (Wildman–Crippen MR) is 118 cm³/mol. The first-order valence-electron chi connectivity index (χ1n) is 9.77. The zero-order chi connectivity index (χ0) is 21.8. The van der Waals surface area contributed by atoms with Gasteiger partial charge in [0.25, 0.3) is 5.91 Å². The zero-order valence-electron chi connectivity index (χ0n) is 16.9. The summed E-state index contributed by atoms with van der Waals surface area (Å²) in [7, 11) is 1.32. The Morgan fingerprint density at radius 2 is 1.87 bits per heavy atom. The molecule has 0 saturated carbocycles. The number of benzene rings is 2. The standard InChI is InChI=1S/C23H21ClN2O5/c1-29-23(28)16-5-6-19(26-9-11-30-12-10-26)18(14-16)25-22(27)21-8-7-20(31-21)15-3-2-4-17(24)13-15/h2-8,13-14H,9-12H2,1H3,(H,25,27). The van der Waals surface area contributed by atoms with Crippen molar-refractivity contribution < 1.29 is 23.5 Å². The Hall–Kier alpha value is -3.29. The molecule has 0 bridgehead atoms. The van der Waals surface area contributed by atoms with Crippen LogP contribution >= 0.6 is 11.6 Å². The molecule has 0 atom stereocenters. The third-order valence-electron chi connectivity index (χ3n) is 4.96. The molecule has 3 aromatic rings. The molecule has 160 valence electrons. The van der Waals surface area contributed by atoms with Crippen LogP contribution in [0.3, 0.4) is 0 Å². The fraction of sp³-hybridized carbons (Fsp3) is 0.217. The van der Waals surface area contributed by atoms with Gasteiger partial charge in [-0.2, -0.15) is 0 Å². The lowest BCUT2D eigenvalue weighted by atomic mass is 10.1. The largest absolute Gasteiger partial charge is 0.465 e. The van der Waals surface area contributed by atoms with Crippen molar-refractivity contribution in [1.29, 1.82) is 0 Å². The van der Waals surface area contributed by atoms with Crippen molar-refractivity contribution in [3.8, 4) is 11.3 Å². The number of anilines is 2. The smallest absolute Gasteiger partial charge is 0.337 e. The summed E-state index contributed by atoms with van der Waals surface area (Å²) in [5, 5.41) is 3.45. The van der Waals surface area contributed by atoms with Crippen molar-refractivity contribution in [1.82, 2.24) is 0 Å². The summed E-state index contributed by atoms with van der Waals surface area (Å²) in [6, 6.07) is 15.6. The van der Waals surface area contributed by atoms with Gasteiger partial charge in [-0.25, -0.2) is 4.79 Å². The number of carbonyl (C=O) groups excluding carboxylic acids is 2. The summed E-state index contributed by atoms with van der Waals surface area (Å²) in [4.78, 5) is 27.0. The Morgan fingerprint density at radius 3 is 2.61 bits per heavy atom. The first-order chi connectivity index (χ1) is 15.0. The summed E-state index contributed by atoms with van der Waals surface area (Å²) in [5.41, 5.74) is 2.41. The number of hydrogen-bond acceptors (Lipinski definition) is 6. The van der Waals surface area contributed by atoms with Gasteiger partial charge in [0.1, 0.15) is 5.76 Å². The lowest BCUT2D eigenvalue weighted by Gasteiger charge is -2.30. The molecule has 2 aromatic carbocycles. The first-order valence-corrected chi connectivity index (χ1v) is 10.1. The van der Waals surface area contributed by atoms with E-state index in [4.69, 9.17) is 25.5 Å². The van der Waals surface area contributed by atoms with Gasteiger partial charge in [0.15, 0.2) is 5.76 Å². The Kier molecular flexibility index (Phi) is 6.25. The zero-order valence-corrected chi connectivity index (χ0v) is 17.6. The van der Waals surface area contributed by atoms with E-state index in [2.05, 4.69) is 10.2 Å². The molecule has 1 fully saturated rings. The number of nitrogens with one attached hydrogen (secondary N) is 1. The maximum atomic E-state index is 12.9. The molecule has 2 heterocycles. The Bertz CT molecular complexity index is 1100. The van der Waals surface area contributed by atoms with Crippen molar-refractivity contribution in [2.24, 2.45) is 0 Å². The van der Waals surface area contributed by atoms with Gasteiger partial charge in [-0.3, -0.25) is 4.79 Å². The van der Waals surface area contributed by atoms with Gasteiger partial charge in [-0.1, -0.05) is 23.7 Å². The maximum absolute atomic E-state index is 12.9. The van der Waals surface area contributed by atoms with Gasteiger partial charge in [-0.05, 0) is 42.5 Å². The molecule has 0 spiro atoms. The highest BCUT2D eigenvalue weighted by Gasteiger charge is 2.20. The van der Waals surface area contributed by atoms with E-state index in [1.807, 2.05) is 12.1 Å². The van der Waals surface area contributed by atoms with Crippen LogP contribution in [0.2, 0.25) is 5.02 Å². The second-order valence-electron chi connectivity index (χ2n) is 6.95. The summed E-state index contributed by atoms with van der Waals surface area (Å²) in [6.45, 7) is 2.54. The van der Waals surface area contributed by atoms with Crippen LogP contribution in [0.25, 0.3) is 11.3 Å². The normalized spacial score (nSPS) is 13.7. The summed E-state index contributed by atoms with van der Waals surface area (Å²) in [6.07, 6.45) is 0. The van der Waals surface area contributed by atoms with Crippen LogP contribution in [0, 0.1) is 0 Å². The SMILES string of the molecule is COC(=O)c1ccc(N2CCOCC2)c(NC(=O)c2ccc(-c3cccc(Cl)c3)o2)c1. The molecule has 1 aliphatic rings. The van der Waals surface area contributed by atoms with E-state index in [1.165, 1.54) is 7.11 Å². The number of esters is 1. The average molecular weight is 441 g/mol. The van der Waals surface area contributed by atoms with Gasteiger partial charge >= 0.3 is 5.97 Å². The van der Waals surface area contributed by atoms with Crippen molar-refractivity contribution >= 4 is 34.9 Å². The Labute approximate surface area is 184 Å². The molecule has 4 rings (SSSR count). The minimum Gasteiger partial charge on any atom is -0.465 e. The van der Waals surface area contributed by atoms with E-state index in [1.54, 1.807) is 42.5 Å². The molecule has 1 saturated heterocycles. The van der Waals surface area contributed by atoms with Gasteiger partial charge in [0.05, 0.1) is 37.3 Å². The number of ether oxygens (including phenoxy) is 2. The number of hydrogen-bond donors (Lipinski definition) is 1. The monoisotopic (exact) mass is 440 g/mol. The van der Waals surface area contributed by atoms with E-state index in [9.17, 15) is 9.59 Å². The average Bonchev–Trinajstić information content (AvgIpc) is 3.30. The van der Waals surface area contributed by atoms with Crippen molar-refractivity contribution in [3.63, 3.8) is 0 Å². The number of rotatable bonds is 5. The number of amides is 1. The third-order valence-corrected chi connectivity index (χ3v) is 5.19. The lowest BCUT2D eigenvalue weighted by molar-refractivity contribution is 0.0600. The van der Waals surface area contributed by atoms with Gasteiger partial charge in [0, 0.05) is 23.7 Å². The van der Waals surface area contributed by atoms with Crippen LogP contribution in [-0.2, 0) is 9.47 Å². The highest BCUT2D eigenvalue weighted by molar-refractivity contribution is 6.30. The molecule has 1 aliphatic heterocycles. The maximum Gasteiger partial charge on any atom is 0.337 e. The third kappa shape index (κ3) is 4.73. The van der Waals surface area contributed by atoms with Crippen LogP contribution < -0.4 is 10.2 Å². The van der Waals surface area contributed by atoms with E-state index < -0.39 is 11.9 Å². The first kappa shape index (κ1) is 21.0. The van der Waals surface area contributed by atoms with E-state index >= 15 is 0 Å². The molecule has 1 amide bonds. The molecule has 1 aromatic heterocycles. The highest BCUT2D eigenvalue weighted by atomic mass is 35.5. The van der Waals surface area contributed by atoms with Gasteiger partial charge in [0.2, 0.25) is 0 Å². The second kappa shape index (κ2) is 9.24. The predicted octanol–water partition coefficient (Wildman–Crippen LogP) is 4.48. The van der Waals surface area contributed by atoms with Gasteiger partial charge < -0.3 is 24.1 Å². The van der Waals surface area contributed by atoms with Crippen LogP contribution in [-0.4, -0.2) is 45.3 Å². The topological polar surface area (TPSA) is 81.0 Å². The minimum atomic E-state index is -0.481. The molecule has 31 heavy (non-hydrogen) atoms. The number of methoxy groups -OCH3 is 1. The van der Waals surface area contributed by atoms with Crippen molar-refractivity contribution in [2.75, 3.05) is 43.6 Å². The summed E-state index contributed by atoms with van der Waals surface area (Å²) < 4.78 is 16.0. The fourth-order valence-electron chi connectivity index (χ4n) is 3.40. The quantitative estimate of drug-likeness (QED) is 0.589. The molecule has 7 nitrogen and oxygen atoms in total. The van der Waals surface area contributed by atoms with Crippen molar-refractivity contribution in [3.05, 3.63) is 70.9 Å². The Balaban J connectivity index is 1.61. The van der Waals surface area contributed by atoms with Crippen LogP contribution in [0.1, 0.15) is 20.9 Å². The van der Waals surface area contributed by atoms with Crippen molar-refractivity contribution in [2.45, 2.75) is 0 Å². The highest BCUT2D eigenvalue weighted by Crippen LogP contribution is 2.30. The molecular weight excluding hydrogens is 420 g/mol. The number of halogens is 1. The van der Waals surface area contributed by atoms with Crippen LogP contribution in [0.4, 0.5) is 11.4 Å². The Morgan fingerprint density at radius 1 is 1.06 bits per heavy atom. The number of morpholine rings is 1. The molecule has 8 heteroatoms.